The van der Waals surface area contributed by atoms with Gasteiger partial charge in [0, 0.05) is 18.6 Å². The first kappa shape index (κ1) is 9.84. The zero-order valence-corrected chi connectivity index (χ0v) is 10.1. The first-order valence-electron chi connectivity index (χ1n) is 6.43. The lowest BCUT2D eigenvalue weighted by molar-refractivity contribution is -0.687. The summed E-state index contributed by atoms with van der Waals surface area (Å²) in [5.74, 6) is 0. The minimum atomic E-state index is 1.08. The predicted octanol–water partition coefficient (Wildman–Crippen LogP) is 3.35. The molecule has 1 nitrogen and oxygen atoms in total. The third kappa shape index (κ3) is 1.31. The van der Waals surface area contributed by atoms with Gasteiger partial charge in [-0.2, -0.15) is 4.57 Å². The maximum Gasteiger partial charge on any atom is 0.213 e. The van der Waals surface area contributed by atoms with E-state index in [1.807, 2.05) is 0 Å². The molecule has 1 heteroatoms. The molecule has 2 aromatic carbocycles. The van der Waals surface area contributed by atoms with Gasteiger partial charge < -0.3 is 0 Å². The van der Waals surface area contributed by atoms with E-state index in [-0.39, 0.29) is 0 Å². The van der Waals surface area contributed by atoms with E-state index in [2.05, 4.69) is 65.4 Å². The van der Waals surface area contributed by atoms with Crippen molar-refractivity contribution in [3.8, 4) is 11.3 Å². The molecular formula is C17H14N+. The van der Waals surface area contributed by atoms with E-state index in [1.54, 1.807) is 0 Å². The Bertz CT molecular complexity index is 743. The van der Waals surface area contributed by atoms with E-state index in [4.69, 9.17) is 0 Å². The van der Waals surface area contributed by atoms with Crippen molar-refractivity contribution in [3.63, 3.8) is 0 Å². The molecule has 0 bridgehead atoms. The summed E-state index contributed by atoms with van der Waals surface area (Å²) in [5, 5.41) is 2.70. The molecule has 0 saturated carbocycles. The van der Waals surface area contributed by atoms with Crippen LogP contribution in [0.4, 0.5) is 0 Å². The summed E-state index contributed by atoms with van der Waals surface area (Å²) in [7, 11) is 0. The Hall–Kier alpha value is -2.15. The number of rotatable bonds is 0. The number of nitrogens with zero attached hydrogens (tertiary/aromatic N) is 1. The predicted molar refractivity (Wildman–Crippen MR) is 73.3 cm³/mol. The van der Waals surface area contributed by atoms with Crippen LogP contribution in [0, 0.1) is 0 Å². The van der Waals surface area contributed by atoms with Crippen molar-refractivity contribution < 1.29 is 4.57 Å². The lowest BCUT2D eigenvalue weighted by Crippen LogP contribution is -2.39. The van der Waals surface area contributed by atoms with Crippen LogP contribution in [0.5, 0.6) is 0 Å². The molecule has 0 fully saturated rings. The molecule has 1 aromatic heterocycles. The highest BCUT2D eigenvalue weighted by molar-refractivity contribution is 5.97. The number of aromatic nitrogens is 1. The Morgan fingerprint density at radius 3 is 2.72 bits per heavy atom. The molecule has 0 unspecified atom stereocenters. The highest BCUT2D eigenvalue weighted by atomic mass is 15.0. The molecular weight excluding hydrogens is 218 g/mol. The zero-order chi connectivity index (χ0) is 11.9. The highest BCUT2D eigenvalue weighted by Crippen LogP contribution is 2.32. The number of benzene rings is 2. The molecule has 3 aromatic rings. The van der Waals surface area contributed by atoms with Crippen molar-refractivity contribution in [2.24, 2.45) is 0 Å². The summed E-state index contributed by atoms with van der Waals surface area (Å²) < 4.78 is 2.36. The van der Waals surface area contributed by atoms with Crippen LogP contribution in [0.3, 0.4) is 0 Å². The zero-order valence-electron chi connectivity index (χ0n) is 10.1. The number of pyridine rings is 1. The SMILES string of the molecule is c1cc[n+]2c(c1)-c1c(ccc3ccccc13)CC2. The van der Waals surface area contributed by atoms with Gasteiger partial charge in [0.15, 0.2) is 12.7 Å². The molecule has 0 N–H and O–H groups in total. The van der Waals surface area contributed by atoms with Gasteiger partial charge in [0.25, 0.3) is 0 Å². The average Bonchev–Trinajstić information content (AvgIpc) is 2.46. The Morgan fingerprint density at radius 1 is 0.833 bits per heavy atom. The molecule has 0 radical (unpaired) electrons. The van der Waals surface area contributed by atoms with Crippen LogP contribution in [-0.2, 0) is 13.0 Å². The fraction of sp³-hybridized carbons (Fsp3) is 0.118. The second-order valence-electron chi connectivity index (χ2n) is 4.85. The minimum Gasteiger partial charge on any atom is -0.198 e. The van der Waals surface area contributed by atoms with E-state index >= 15 is 0 Å². The molecule has 0 amide bonds. The minimum absolute atomic E-state index is 1.08. The van der Waals surface area contributed by atoms with Gasteiger partial charge in [0.05, 0.1) is 5.56 Å². The van der Waals surface area contributed by atoms with E-state index in [0.29, 0.717) is 0 Å². The van der Waals surface area contributed by atoms with Gasteiger partial charge in [0.1, 0.15) is 0 Å². The van der Waals surface area contributed by atoms with E-state index in [0.717, 1.165) is 13.0 Å². The summed E-state index contributed by atoms with van der Waals surface area (Å²) in [6.45, 7) is 1.08. The van der Waals surface area contributed by atoms with E-state index < -0.39 is 0 Å². The molecule has 0 spiro atoms. The number of hydrogen-bond donors (Lipinski definition) is 0. The molecule has 0 aliphatic carbocycles. The quantitative estimate of drug-likeness (QED) is 0.523. The highest BCUT2D eigenvalue weighted by Gasteiger charge is 2.23. The number of hydrogen-bond acceptors (Lipinski definition) is 0. The van der Waals surface area contributed by atoms with Crippen molar-refractivity contribution in [2.45, 2.75) is 13.0 Å². The number of aryl methyl sites for hydroxylation is 2. The second kappa shape index (κ2) is 3.67. The Balaban J connectivity index is 2.15. The second-order valence-corrected chi connectivity index (χ2v) is 4.85. The summed E-state index contributed by atoms with van der Waals surface area (Å²) in [6.07, 6.45) is 3.31. The van der Waals surface area contributed by atoms with Crippen molar-refractivity contribution >= 4 is 10.8 Å². The molecule has 0 saturated heterocycles. The van der Waals surface area contributed by atoms with Crippen molar-refractivity contribution in [1.82, 2.24) is 0 Å². The van der Waals surface area contributed by atoms with Gasteiger partial charge in [-0.25, -0.2) is 0 Å². The van der Waals surface area contributed by atoms with Crippen molar-refractivity contribution in [2.75, 3.05) is 0 Å². The van der Waals surface area contributed by atoms with Crippen LogP contribution >= 0.6 is 0 Å². The van der Waals surface area contributed by atoms with E-state index in [1.165, 1.54) is 27.6 Å². The van der Waals surface area contributed by atoms with Crippen LogP contribution in [0.25, 0.3) is 22.0 Å². The van der Waals surface area contributed by atoms with Crippen LogP contribution in [-0.4, -0.2) is 0 Å². The van der Waals surface area contributed by atoms with Crippen LogP contribution in [0.1, 0.15) is 5.56 Å². The monoisotopic (exact) mass is 232 g/mol. The summed E-state index contributed by atoms with van der Waals surface area (Å²) in [6, 6.07) is 19.7. The summed E-state index contributed by atoms with van der Waals surface area (Å²) in [5.41, 5.74) is 4.23. The van der Waals surface area contributed by atoms with Gasteiger partial charge >= 0.3 is 0 Å². The third-order valence-corrected chi connectivity index (χ3v) is 3.83. The molecule has 1 aliphatic heterocycles. The van der Waals surface area contributed by atoms with Gasteiger partial charge in [-0.05, 0) is 22.4 Å². The maximum atomic E-state index is 2.36. The first-order chi connectivity index (χ1) is 8.93. The van der Waals surface area contributed by atoms with Gasteiger partial charge in [0.2, 0.25) is 5.69 Å². The van der Waals surface area contributed by atoms with Crippen molar-refractivity contribution in [3.05, 3.63) is 66.4 Å². The number of fused-ring (bicyclic) bond motifs is 5. The third-order valence-electron chi connectivity index (χ3n) is 3.83. The lowest BCUT2D eigenvalue weighted by Gasteiger charge is -2.16. The van der Waals surface area contributed by atoms with E-state index in [9.17, 15) is 0 Å². The summed E-state index contributed by atoms with van der Waals surface area (Å²) in [4.78, 5) is 0. The van der Waals surface area contributed by atoms with Gasteiger partial charge in [-0.3, -0.25) is 0 Å². The Labute approximate surface area is 106 Å². The van der Waals surface area contributed by atoms with Gasteiger partial charge in [-0.15, -0.1) is 0 Å². The molecule has 0 atom stereocenters. The van der Waals surface area contributed by atoms with Crippen molar-refractivity contribution in [1.29, 1.82) is 0 Å². The fourth-order valence-electron chi connectivity index (χ4n) is 2.97. The molecule has 18 heavy (non-hydrogen) atoms. The molecule has 86 valence electrons. The van der Waals surface area contributed by atoms with Crippen LogP contribution in [0.15, 0.2) is 60.8 Å². The van der Waals surface area contributed by atoms with Crippen LogP contribution < -0.4 is 4.57 Å². The Morgan fingerprint density at radius 2 is 1.72 bits per heavy atom. The maximum absolute atomic E-state index is 2.36. The standard InChI is InChI=1S/C17H14N/c1-2-6-15-13(5-1)8-9-14-10-12-18-11-4-3-7-16(18)17(14)15/h1-9,11H,10,12H2/q+1. The molecule has 4 rings (SSSR count). The Kier molecular flexibility index (Phi) is 2.01. The molecule has 2 heterocycles. The van der Waals surface area contributed by atoms with Gasteiger partial charge in [-0.1, -0.05) is 36.4 Å². The largest absolute Gasteiger partial charge is 0.213 e. The normalized spacial score (nSPS) is 13.1. The smallest absolute Gasteiger partial charge is 0.198 e. The first-order valence-corrected chi connectivity index (χ1v) is 6.43. The summed E-state index contributed by atoms with van der Waals surface area (Å²) >= 11 is 0. The lowest BCUT2D eigenvalue weighted by atomic mass is 9.92. The van der Waals surface area contributed by atoms with Crippen LogP contribution in [0.2, 0.25) is 0 Å². The topological polar surface area (TPSA) is 3.88 Å². The molecule has 1 aliphatic rings. The average molecular weight is 232 g/mol. The fourth-order valence-corrected chi connectivity index (χ4v) is 2.97.